The second-order valence-corrected chi connectivity index (χ2v) is 4.73. The summed E-state index contributed by atoms with van der Waals surface area (Å²) in [5.41, 5.74) is 0. The molecule has 0 aromatic heterocycles. The molecule has 124 valence electrons. The van der Waals surface area contributed by atoms with Crippen molar-refractivity contribution in [2.75, 3.05) is 32.8 Å². The Balaban J connectivity index is 2.41. The van der Waals surface area contributed by atoms with Crippen LogP contribution in [0, 0.1) is 5.82 Å². The molecule has 1 atom stereocenters. The van der Waals surface area contributed by atoms with Gasteiger partial charge in [-0.15, -0.1) is 0 Å². The van der Waals surface area contributed by atoms with Crippen LogP contribution in [-0.4, -0.2) is 44.9 Å². The summed E-state index contributed by atoms with van der Waals surface area (Å²) in [7, 11) is 0. The van der Waals surface area contributed by atoms with Crippen molar-refractivity contribution in [2.45, 2.75) is 26.9 Å². The van der Waals surface area contributed by atoms with Crippen molar-refractivity contribution in [3.63, 3.8) is 0 Å². The third kappa shape index (κ3) is 7.83. The molecule has 0 bridgehead atoms. The van der Waals surface area contributed by atoms with Gasteiger partial charge < -0.3 is 20.1 Å². The molecule has 6 heteroatoms. The lowest BCUT2D eigenvalue weighted by molar-refractivity contribution is 0.152. The number of halogens is 1. The Bertz CT molecular complexity index is 438. The van der Waals surface area contributed by atoms with Crippen LogP contribution in [0.15, 0.2) is 29.3 Å². The summed E-state index contributed by atoms with van der Waals surface area (Å²) >= 11 is 0. The minimum Gasteiger partial charge on any atom is -0.489 e. The SMILES string of the molecule is CCNC(=NCC(C)Oc1ccc(F)cc1)NCCOCC. The summed E-state index contributed by atoms with van der Waals surface area (Å²) in [6.07, 6.45) is -0.104. The zero-order chi connectivity index (χ0) is 16.2. The molecule has 0 radical (unpaired) electrons. The van der Waals surface area contributed by atoms with Crippen LogP contribution in [0.2, 0.25) is 0 Å². The van der Waals surface area contributed by atoms with Gasteiger partial charge in [0.15, 0.2) is 5.96 Å². The van der Waals surface area contributed by atoms with Crippen LogP contribution in [0.3, 0.4) is 0 Å². The van der Waals surface area contributed by atoms with E-state index in [0.717, 1.165) is 12.5 Å². The third-order valence-electron chi connectivity index (χ3n) is 2.74. The van der Waals surface area contributed by atoms with Gasteiger partial charge in [-0.1, -0.05) is 0 Å². The number of hydrogen-bond acceptors (Lipinski definition) is 3. The van der Waals surface area contributed by atoms with Crippen LogP contribution in [-0.2, 0) is 4.74 Å². The number of aliphatic imine (C=N–C) groups is 1. The first-order valence-corrected chi connectivity index (χ1v) is 7.67. The van der Waals surface area contributed by atoms with Gasteiger partial charge in [0.25, 0.3) is 0 Å². The summed E-state index contributed by atoms with van der Waals surface area (Å²) in [4.78, 5) is 4.46. The molecule has 2 N–H and O–H groups in total. The van der Waals surface area contributed by atoms with Gasteiger partial charge in [0, 0.05) is 19.7 Å². The molecule has 1 unspecified atom stereocenters. The van der Waals surface area contributed by atoms with Crippen LogP contribution in [0.4, 0.5) is 4.39 Å². The Morgan fingerprint density at radius 2 is 1.95 bits per heavy atom. The second kappa shape index (κ2) is 10.8. The molecule has 0 aliphatic rings. The lowest BCUT2D eigenvalue weighted by Gasteiger charge is -2.15. The van der Waals surface area contributed by atoms with Crippen molar-refractivity contribution in [1.82, 2.24) is 10.6 Å². The predicted octanol–water partition coefficient (Wildman–Crippen LogP) is 2.18. The number of nitrogens with zero attached hydrogens (tertiary/aromatic N) is 1. The number of benzene rings is 1. The van der Waals surface area contributed by atoms with Gasteiger partial charge in [-0.05, 0) is 45.0 Å². The normalized spacial score (nSPS) is 12.8. The van der Waals surface area contributed by atoms with Gasteiger partial charge in [0.05, 0.1) is 13.2 Å². The van der Waals surface area contributed by atoms with Crippen LogP contribution >= 0.6 is 0 Å². The number of ether oxygens (including phenoxy) is 2. The summed E-state index contributed by atoms with van der Waals surface area (Å²) < 4.78 is 23.8. The monoisotopic (exact) mass is 311 g/mol. The van der Waals surface area contributed by atoms with Crippen molar-refractivity contribution in [2.24, 2.45) is 4.99 Å². The zero-order valence-electron chi connectivity index (χ0n) is 13.6. The maximum atomic E-state index is 12.8. The Kier molecular flexibility index (Phi) is 8.98. The topological polar surface area (TPSA) is 54.9 Å². The Labute approximate surface area is 131 Å². The average Bonchev–Trinajstić information content (AvgIpc) is 2.51. The highest BCUT2D eigenvalue weighted by Crippen LogP contribution is 2.12. The molecule has 1 aromatic carbocycles. The van der Waals surface area contributed by atoms with E-state index in [0.29, 0.717) is 32.1 Å². The summed E-state index contributed by atoms with van der Waals surface area (Å²) in [6, 6.07) is 5.98. The quantitative estimate of drug-likeness (QED) is 0.417. The van der Waals surface area contributed by atoms with Crippen molar-refractivity contribution in [3.05, 3.63) is 30.1 Å². The van der Waals surface area contributed by atoms with Crippen LogP contribution in [0.1, 0.15) is 20.8 Å². The Hall–Kier alpha value is -1.82. The first kappa shape index (κ1) is 18.2. The van der Waals surface area contributed by atoms with Crippen molar-refractivity contribution < 1.29 is 13.9 Å². The largest absolute Gasteiger partial charge is 0.489 e. The van der Waals surface area contributed by atoms with E-state index in [-0.39, 0.29) is 11.9 Å². The van der Waals surface area contributed by atoms with Gasteiger partial charge in [-0.3, -0.25) is 0 Å². The standard InChI is InChI=1S/C16H26FN3O2/c1-4-18-16(19-10-11-21-5-2)20-12-13(3)22-15-8-6-14(17)7-9-15/h6-9,13H,4-5,10-12H2,1-3H3,(H2,18,19,20). The lowest BCUT2D eigenvalue weighted by atomic mass is 10.3. The molecule has 1 aromatic rings. The molecular formula is C16H26FN3O2. The minimum atomic E-state index is -0.272. The van der Waals surface area contributed by atoms with Crippen LogP contribution in [0.25, 0.3) is 0 Å². The molecule has 0 aliphatic carbocycles. The van der Waals surface area contributed by atoms with Crippen molar-refractivity contribution in [1.29, 1.82) is 0 Å². The first-order valence-electron chi connectivity index (χ1n) is 7.67. The van der Waals surface area contributed by atoms with Crippen LogP contribution < -0.4 is 15.4 Å². The highest BCUT2D eigenvalue weighted by atomic mass is 19.1. The maximum absolute atomic E-state index is 12.8. The fraction of sp³-hybridized carbons (Fsp3) is 0.562. The number of rotatable bonds is 9. The lowest BCUT2D eigenvalue weighted by Crippen LogP contribution is -2.39. The Morgan fingerprint density at radius 1 is 1.23 bits per heavy atom. The molecule has 0 spiro atoms. The minimum absolute atomic E-state index is 0.104. The van der Waals surface area contributed by atoms with E-state index >= 15 is 0 Å². The van der Waals surface area contributed by atoms with Crippen LogP contribution in [0.5, 0.6) is 5.75 Å². The second-order valence-electron chi connectivity index (χ2n) is 4.73. The molecule has 1 rings (SSSR count). The smallest absolute Gasteiger partial charge is 0.191 e. The predicted molar refractivity (Wildman–Crippen MR) is 87.0 cm³/mol. The third-order valence-corrected chi connectivity index (χ3v) is 2.74. The molecule has 5 nitrogen and oxygen atoms in total. The molecule has 0 amide bonds. The number of nitrogens with one attached hydrogen (secondary N) is 2. The zero-order valence-corrected chi connectivity index (χ0v) is 13.6. The number of guanidine groups is 1. The molecule has 0 saturated carbocycles. The van der Waals surface area contributed by atoms with E-state index in [1.165, 1.54) is 12.1 Å². The molecule has 0 heterocycles. The molecule has 0 saturated heterocycles. The van der Waals surface area contributed by atoms with Gasteiger partial charge in [-0.2, -0.15) is 0 Å². The van der Waals surface area contributed by atoms with E-state index in [2.05, 4.69) is 15.6 Å². The number of hydrogen-bond donors (Lipinski definition) is 2. The highest BCUT2D eigenvalue weighted by Gasteiger charge is 2.05. The van der Waals surface area contributed by atoms with E-state index in [4.69, 9.17) is 9.47 Å². The van der Waals surface area contributed by atoms with Gasteiger partial charge in [-0.25, -0.2) is 9.38 Å². The van der Waals surface area contributed by atoms with E-state index in [1.807, 2.05) is 20.8 Å². The fourth-order valence-electron chi connectivity index (χ4n) is 1.73. The summed E-state index contributed by atoms with van der Waals surface area (Å²) in [6.45, 7) is 9.24. The maximum Gasteiger partial charge on any atom is 0.191 e. The van der Waals surface area contributed by atoms with Gasteiger partial charge in [0.2, 0.25) is 0 Å². The Morgan fingerprint density at radius 3 is 2.59 bits per heavy atom. The average molecular weight is 311 g/mol. The molecule has 22 heavy (non-hydrogen) atoms. The van der Waals surface area contributed by atoms with Crippen molar-refractivity contribution >= 4 is 5.96 Å². The first-order chi connectivity index (χ1) is 10.7. The van der Waals surface area contributed by atoms with E-state index < -0.39 is 0 Å². The molecule has 0 aliphatic heterocycles. The van der Waals surface area contributed by atoms with E-state index in [9.17, 15) is 4.39 Å². The van der Waals surface area contributed by atoms with E-state index in [1.54, 1.807) is 12.1 Å². The fourth-order valence-corrected chi connectivity index (χ4v) is 1.73. The van der Waals surface area contributed by atoms with Gasteiger partial charge >= 0.3 is 0 Å². The summed E-state index contributed by atoms with van der Waals surface area (Å²) in [5, 5.41) is 6.36. The summed E-state index contributed by atoms with van der Waals surface area (Å²) in [5.74, 6) is 1.10. The highest BCUT2D eigenvalue weighted by molar-refractivity contribution is 5.79. The van der Waals surface area contributed by atoms with Crippen molar-refractivity contribution in [3.8, 4) is 5.75 Å². The molecule has 0 fully saturated rings. The molecular weight excluding hydrogens is 285 g/mol. The van der Waals surface area contributed by atoms with Gasteiger partial charge in [0.1, 0.15) is 17.7 Å².